The summed E-state index contributed by atoms with van der Waals surface area (Å²) in [7, 11) is -4.51. The summed E-state index contributed by atoms with van der Waals surface area (Å²) < 4.78 is 74.9. The van der Waals surface area contributed by atoms with E-state index in [9.17, 15) is 21.6 Å². The van der Waals surface area contributed by atoms with E-state index >= 15 is 0 Å². The molecule has 2 aromatic carbocycles. The third-order valence-corrected chi connectivity index (χ3v) is 7.22. The van der Waals surface area contributed by atoms with Crippen LogP contribution in [0.4, 0.5) is 19.0 Å². The van der Waals surface area contributed by atoms with Gasteiger partial charge in [0, 0.05) is 29.6 Å². The zero-order valence-corrected chi connectivity index (χ0v) is 19.3. The van der Waals surface area contributed by atoms with Gasteiger partial charge in [-0.3, -0.25) is 4.72 Å². The van der Waals surface area contributed by atoms with Gasteiger partial charge in [-0.1, -0.05) is 23.7 Å². The Kier molecular flexibility index (Phi) is 7.30. The van der Waals surface area contributed by atoms with E-state index in [2.05, 4.69) is 10.3 Å². The number of rotatable bonds is 7. The maximum absolute atomic E-state index is 14.7. The number of ether oxygens (including phenoxy) is 1. The smallest absolute Gasteiger partial charge is 0.266 e. The van der Waals surface area contributed by atoms with Gasteiger partial charge in [0.25, 0.3) is 10.0 Å². The molecule has 0 aliphatic carbocycles. The minimum Gasteiger partial charge on any atom is -0.490 e. The summed E-state index contributed by atoms with van der Waals surface area (Å²) in [4.78, 5) is 2.64. The largest absolute Gasteiger partial charge is 0.490 e. The van der Waals surface area contributed by atoms with Gasteiger partial charge in [0.15, 0.2) is 11.6 Å². The van der Waals surface area contributed by atoms with Crippen LogP contribution >= 0.6 is 11.6 Å². The molecule has 2 atom stereocenters. The number of halogens is 4. The summed E-state index contributed by atoms with van der Waals surface area (Å²) in [5.41, 5.74) is 1.08. The van der Waals surface area contributed by atoms with Crippen LogP contribution in [0.3, 0.4) is 0 Å². The molecule has 1 unspecified atom stereocenters. The summed E-state index contributed by atoms with van der Waals surface area (Å²) in [5, 5.41) is 3.90. The Labute approximate surface area is 200 Å². The first kappa shape index (κ1) is 24.3. The van der Waals surface area contributed by atoms with Crippen LogP contribution in [0.15, 0.2) is 59.6 Å². The van der Waals surface area contributed by atoms with E-state index in [0.717, 1.165) is 36.9 Å². The van der Waals surface area contributed by atoms with Crippen LogP contribution in [0.1, 0.15) is 17.9 Å². The van der Waals surface area contributed by atoms with Crippen LogP contribution < -0.4 is 14.8 Å². The molecule has 0 amide bonds. The van der Waals surface area contributed by atoms with E-state index in [0.29, 0.717) is 23.7 Å². The maximum Gasteiger partial charge on any atom is 0.266 e. The topological polar surface area (TPSA) is 80.3 Å². The first-order valence-corrected chi connectivity index (χ1v) is 12.3. The Balaban J connectivity index is 1.49. The van der Waals surface area contributed by atoms with Crippen molar-refractivity contribution in [2.75, 3.05) is 24.4 Å². The lowest BCUT2D eigenvalue weighted by Gasteiger charge is -2.32. The van der Waals surface area contributed by atoms with Crippen LogP contribution in [-0.2, 0) is 10.0 Å². The van der Waals surface area contributed by atoms with Crippen molar-refractivity contribution < 1.29 is 26.3 Å². The first-order chi connectivity index (χ1) is 16.2. The summed E-state index contributed by atoms with van der Waals surface area (Å²) in [6.45, 7) is 1.54. The van der Waals surface area contributed by atoms with Gasteiger partial charge in [0.2, 0.25) is 0 Å². The highest BCUT2D eigenvalue weighted by Gasteiger charge is 2.28. The number of aromatic nitrogens is 1. The summed E-state index contributed by atoms with van der Waals surface area (Å²) in [6, 6.07) is 10.8. The second-order valence-corrected chi connectivity index (χ2v) is 9.99. The van der Waals surface area contributed by atoms with Crippen molar-refractivity contribution in [3.63, 3.8) is 0 Å². The fourth-order valence-electron chi connectivity index (χ4n) is 3.90. The molecule has 0 saturated carbocycles. The number of nitrogens with one attached hydrogen (secondary N) is 2. The molecule has 1 aliphatic heterocycles. The van der Waals surface area contributed by atoms with Gasteiger partial charge < -0.3 is 10.1 Å². The molecule has 1 saturated heterocycles. The van der Waals surface area contributed by atoms with Gasteiger partial charge in [0.1, 0.15) is 22.3 Å². The molecule has 2 N–H and O–H groups in total. The average Bonchev–Trinajstić information content (AvgIpc) is 2.81. The molecule has 3 aromatic rings. The minimum absolute atomic E-state index is 0.0213. The number of sulfonamides is 1. The SMILES string of the molecule is O=S(=O)(Nc1ccc(F)cn1)c1cc(F)c(OC[C@@H]2CNCCC2c2ccc(Cl)cc2)cc1F. The van der Waals surface area contributed by atoms with E-state index in [1.54, 1.807) is 12.1 Å². The molecule has 1 aromatic heterocycles. The van der Waals surface area contributed by atoms with E-state index in [4.69, 9.17) is 16.3 Å². The lowest BCUT2D eigenvalue weighted by molar-refractivity contribution is 0.190. The van der Waals surface area contributed by atoms with Crippen molar-refractivity contribution in [2.24, 2.45) is 5.92 Å². The third kappa shape index (κ3) is 5.63. The summed E-state index contributed by atoms with van der Waals surface area (Å²) in [5.74, 6) is -3.40. The van der Waals surface area contributed by atoms with Gasteiger partial charge in [-0.25, -0.2) is 26.6 Å². The number of pyridine rings is 1. The highest BCUT2D eigenvalue weighted by Crippen LogP contribution is 2.33. The highest BCUT2D eigenvalue weighted by atomic mass is 35.5. The molecular formula is C23H21ClF3N3O3S. The number of nitrogens with zero attached hydrogens (tertiary/aromatic N) is 1. The number of piperidine rings is 1. The molecule has 180 valence electrons. The van der Waals surface area contributed by atoms with Crippen LogP contribution in [0.25, 0.3) is 0 Å². The zero-order valence-electron chi connectivity index (χ0n) is 17.8. The standard InChI is InChI=1S/C23H21ClF3N3O3S/c24-16-3-1-14(2-4-16)18-7-8-28-11-15(18)13-33-21-9-20(27)22(10-19(21)26)34(31,32)30-23-6-5-17(25)12-29-23/h1-6,9-10,12,15,18,28H,7-8,11,13H2,(H,29,30)/t15-,18?/m0/s1. The number of benzene rings is 2. The molecule has 34 heavy (non-hydrogen) atoms. The van der Waals surface area contributed by atoms with Gasteiger partial charge in [-0.15, -0.1) is 0 Å². The van der Waals surface area contributed by atoms with E-state index in [1.807, 2.05) is 16.9 Å². The van der Waals surface area contributed by atoms with Gasteiger partial charge in [-0.05, 0) is 48.7 Å². The van der Waals surface area contributed by atoms with Crippen molar-refractivity contribution >= 4 is 27.4 Å². The molecular weight excluding hydrogens is 491 g/mol. The molecule has 0 spiro atoms. The van der Waals surface area contributed by atoms with Crippen molar-refractivity contribution in [2.45, 2.75) is 17.2 Å². The first-order valence-electron chi connectivity index (χ1n) is 10.5. The van der Waals surface area contributed by atoms with E-state index in [-0.39, 0.29) is 24.3 Å². The average molecular weight is 512 g/mol. The van der Waals surface area contributed by atoms with Gasteiger partial charge in [-0.2, -0.15) is 0 Å². The molecule has 1 fully saturated rings. The Bertz CT molecular complexity index is 1260. The van der Waals surface area contributed by atoms with Crippen molar-refractivity contribution in [1.29, 1.82) is 0 Å². The van der Waals surface area contributed by atoms with Crippen molar-refractivity contribution in [3.8, 4) is 5.75 Å². The molecule has 1 aliphatic rings. The summed E-state index contributed by atoms with van der Waals surface area (Å²) in [6.07, 6.45) is 1.63. The molecule has 11 heteroatoms. The monoisotopic (exact) mass is 511 g/mol. The number of hydrogen-bond donors (Lipinski definition) is 2. The predicted molar refractivity (Wildman–Crippen MR) is 122 cm³/mol. The molecule has 2 heterocycles. The quantitative estimate of drug-likeness (QED) is 0.479. The zero-order chi connectivity index (χ0) is 24.3. The Morgan fingerprint density at radius 2 is 1.85 bits per heavy atom. The number of hydrogen-bond acceptors (Lipinski definition) is 5. The summed E-state index contributed by atoms with van der Waals surface area (Å²) >= 11 is 5.98. The lowest BCUT2D eigenvalue weighted by Crippen LogP contribution is -2.38. The molecule has 6 nitrogen and oxygen atoms in total. The second kappa shape index (κ2) is 10.2. The predicted octanol–water partition coefficient (Wildman–Crippen LogP) is 4.73. The molecule has 4 rings (SSSR count). The van der Waals surface area contributed by atoms with Crippen molar-refractivity contribution in [3.05, 3.63) is 82.8 Å². The Hall–Kier alpha value is -2.82. The molecule has 0 radical (unpaired) electrons. The van der Waals surface area contributed by atoms with Gasteiger partial charge in [0.05, 0.1) is 12.8 Å². The van der Waals surface area contributed by atoms with Crippen molar-refractivity contribution in [1.82, 2.24) is 10.3 Å². The van der Waals surface area contributed by atoms with Crippen LogP contribution in [0.5, 0.6) is 5.75 Å². The molecule has 0 bridgehead atoms. The Morgan fingerprint density at radius 1 is 1.09 bits per heavy atom. The Morgan fingerprint density at radius 3 is 2.56 bits per heavy atom. The minimum atomic E-state index is -4.51. The lowest BCUT2D eigenvalue weighted by atomic mass is 9.81. The van der Waals surface area contributed by atoms with Crippen LogP contribution in [0.2, 0.25) is 5.02 Å². The fraction of sp³-hybridized carbons (Fsp3) is 0.261. The van der Waals surface area contributed by atoms with E-state index in [1.165, 1.54) is 0 Å². The maximum atomic E-state index is 14.7. The van der Waals surface area contributed by atoms with Crippen LogP contribution in [0, 0.1) is 23.4 Å². The number of anilines is 1. The fourth-order valence-corrected chi connectivity index (χ4v) is 5.11. The normalized spacial score (nSPS) is 18.5. The third-order valence-electron chi connectivity index (χ3n) is 5.60. The van der Waals surface area contributed by atoms with Gasteiger partial charge >= 0.3 is 0 Å². The highest BCUT2D eigenvalue weighted by molar-refractivity contribution is 7.92. The van der Waals surface area contributed by atoms with Crippen LogP contribution in [-0.4, -0.2) is 33.1 Å². The van der Waals surface area contributed by atoms with E-state index < -0.39 is 38.1 Å². The second-order valence-electron chi connectivity index (χ2n) is 7.90.